The lowest BCUT2D eigenvalue weighted by molar-refractivity contribution is 0.655. The number of aryl methyl sites for hydroxylation is 1. The zero-order valence-corrected chi connectivity index (χ0v) is 17.4. The van der Waals surface area contributed by atoms with E-state index in [-0.39, 0.29) is 0 Å². The van der Waals surface area contributed by atoms with E-state index in [2.05, 4.69) is 65.5 Å². The van der Waals surface area contributed by atoms with Crippen LogP contribution in [0.4, 0.5) is 0 Å². The second-order valence-electron chi connectivity index (χ2n) is 8.00. The van der Waals surface area contributed by atoms with E-state index in [1.54, 1.807) is 0 Å². The molecule has 0 radical (unpaired) electrons. The third-order valence-corrected chi connectivity index (χ3v) is 6.87. The number of benzene rings is 1. The highest BCUT2D eigenvalue weighted by Gasteiger charge is 2.18. The number of pyridine rings is 1. The number of rotatable bonds is 3. The molecular weight excluding hydrogens is 362 g/mol. The Morgan fingerprint density at radius 3 is 2.75 bits per heavy atom. The van der Waals surface area contributed by atoms with Crippen LogP contribution in [0.15, 0.2) is 42.6 Å². The van der Waals surface area contributed by atoms with Gasteiger partial charge in [0.15, 0.2) is 0 Å². The number of thiophene rings is 1. The molecule has 3 nitrogen and oxygen atoms in total. The van der Waals surface area contributed by atoms with Crippen molar-refractivity contribution in [3.05, 3.63) is 64.3 Å². The predicted molar refractivity (Wildman–Crippen MR) is 119 cm³/mol. The molecule has 1 aliphatic heterocycles. The van der Waals surface area contributed by atoms with Gasteiger partial charge in [0.2, 0.25) is 0 Å². The van der Waals surface area contributed by atoms with Gasteiger partial charge in [0, 0.05) is 44.7 Å². The quantitative estimate of drug-likeness (QED) is 0.450. The van der Waals surface area contributed by atoms with E-state index in [1.807, 2.05) is 24.5 Å². The zero-order valence-electron chi connectivity index (χ0n) is 16.6. The van der Waals surface area contributed by atoms with Crippen LogP contribution < -0.4 is 5.32 Å². The highest BCUT2D eigenvalue weighted by atomic mass is 32.1. The number of nitrogens with zero attached hydrogens (tertiary/aromatic N) is 1. The highest BCUT2D eigenvalue weighted by Crippen LogP contribution is 2.39. The van der Waals surface area contributed by atoms with E-state index in [9.17, 15) is 0 Å². The molecule has 28 heavy (non-hydrogen) atoms. The van der Waals surface area contributed by atoms with Crippen molar-refractivity contribution in [1.29, 1.82) is 0 Å². The Bertz CT molecular complexity index is 1140. The van der Waals surface area contributed by atoms with Gasteiger partial charge in [-0.15, -0.1) is 11.3 Å². The van der Waals surface area contributed by atoms with Crippen LogP contribution in [0.2, 0.25) is 0 Å². The molecule has 5 rings (SSSR count). The summed E-state index contributed by atoms with van der Waals surface area (Å²) < 4.78 is 0. The fourth-order valence-corrected chi connectivity index (χ4v) is 5.47. The van der Waals surface area contributed by atoms with Crippen LogP contribution in [0, 0.1) is 6.92 Å². The molecule has 0 fully saturated rings. The van der Waals surface area contributed by atoms with Gasteiger partial charge in [-0.05, 0) is 72.8 Å². The van der Waals surface area contributed by atoms with E-state index in [4.69, 9.17) is 0 Å². The van der Waals surface area contributed by atoms with Crippen molar-refractivity contribution in [2.75, 3.05) is 6.54 Å². The maximum atomic E-state index is 4.36. The van der Waals surface area contributed by atoms with Gasteiger partial charge in [-0.1, -0.05) is 19.9 Å². The monoisotopic (exact) mass is 387 g/mol. The van der Waals surface area contributed by atoms with E-state index in [0.717, 1.165) is 25.2 Å². The first-order chi connectivity index (χ1) is 13.6. The molecule has 4 aromatic rings. The van der Waals surface area contributed by atoms with Crippen LogP contribution in [0.1, 0.15) is 41.5 Å². The fourth-order valence-electron chi connectivity index (χ4n) is 4.29. The summed E-state index contributed by atoms with van der Waals surface area (Å²) in [6.45, 7) is 8.71. The van der Waals surface area contributed by atoms with E-state index in [1.165, 1.54) is 48.6 Å². The van der Waals surface area contributed by atoms with Crippen LogP contribution >= 0.6 is 11.3 Å². The van der Waals surface area contributed by atoms with Crippen molar-refractivity contribution < 1.29 is 0 Å². The van der Waals surface area contributed by atoms with Crippen molar-refractivity contribution >= 4 is 22.2 Å². The standard InChI is InChI=1S/C24H25N3S/c1-14(2)23-19-11-16(21-12-17-6-8-25-13-22(17)28-21)4-5-20(19)27-24(23)18-7-9-26-15(3)10-18/h4-5,7,9-12,14,25,27H,6,8,13H2,1-3H3. The summed E-state index contributed by atoms with van der Waals surface area (Å²) in [6.07, 6.45) is 3.04. The molecule has 4 heterocycles. The molecule has 0 saturated carbocycles. The topological polar surface area (TPSA) is 40.7 Å². The average Bonchev–Trinajstić information content (AvgIpc) is 3.29. The van der Waals surface area contributed by atoms with Gasteiger partial charge >= 0.3 is 0 Å². The minimum atomic E-state index is 0.438. The van der Waals surface area contributed by atoms with Crippen molar-refractivity contribution in [1.82, 2.24) is 15.3 Å². The normalized spacial score (nSPS) is 14.0. The summed E-state index contributed by atoms with van der Waals surface area (Å²) >= 11 is 1.94. The number of aromatic amines is 1. The van der Waals surface area contributed by atoms with Gasteiger partial charge in [0.1, 0.15) is 0 Å². The van der Waals surface area contributed by atoms with Crippen molar-refractivity contribution in [2.24, 2.45) is 0 Å². The van der Waals surface area contributed by atoms with E-state index in [0.29, 0.717) is 5.92 Å². The number of fused-ring (bicyclic) bond motifs is 2. The lowest BCUT2D eigenvalue weighted by Gasteiger charge is -2.10. The molecule has 4 heteroatoms. The summed E-state index contributed by atoms with van der Waals surface area (Å²) in [4.78, 5) is 10.9. The Morgan fingerprint density at radius 1 is 1.07 bits per heavy atom. The summed E-state index contributed by atoms with van der Waals surface area (Å²) in [5, 5.41) is 4.82. The Morgan fingerprint density at radius 2 is 1.96 bits per heavy atom. The third kappa shape index (κ3) is 2.97. The van der Waals surface area contributed by atoms with Crippen molar-refractivity contribution in [3.8, 4) is 21.7 Å². The first kappa shape index (κ1) is 17.7. The van der Waals surface area contributed by atoms with Crippen LogP contribution in [-0.2, 0) is 13.0 Å². The van der Waals surface area contributed by atoms with Gasteiger partial charge < -0.3 is 10.3 Å². The molecule has 0 spiro atoms. The fraction of sp³-hybridized carbons (Fsp3) is 0.292. The number of nitrogens with one attached hydrogen (secondary N) is 2. The largest absolute Gasteiger partial charge is 0.354 e. The van der Waals surface area contributed by atoms with Gasteiger partial charge in [-0.3, -0.25) is 4.98 Å². The van der Waals surface area contributed by atoms with Crippen LogP contribution in [-0.4, -0.2) is 16.5 Å². The Labute approximate surface area is 169 Å². The summed E-state index contributed by atoms with van der Waals surface area (Å²) in [5.74, 6) is 0.438. The molecule has 142 valence electrons. The third-order valence-electron chi connectivity index (χ3n) is 5.64. The lowest BCUT2D eigenvalue weighted by atomic mass is 9.95. The van der Waals surface area contributed by atoms with E-state index < -0.39 is 0 Å². The minimum absolute atomic E-state index is 0.438. The van der Waals surface area contributed by atoms with E-state index >= 15 is 0 Å². The maximum absolute atomic E-state index is 4.36. The molecule has 0 aliphatic carbocycles. The van der Waals surface area contributed by atoms with Gasteiger partial charge in [0.25, 0.3) is 0 Å². The first-order valence-electron chi connectivity index (χ1n) is 10.0. The number of hydrogen-bond donors (Lipinski definition) is 2. The molecule has 1 aromatic carbocycles. The summed E-state index contributed by atoms with van der Waals surface area (Å²) in [7, 11) is 0. The van der Waals surface area contributed by atoms with Gasteiger partial charge in [-0.2, -0.15) is 0 Å². The van der Waals surface area contributed by atoms with Gasteiger partial charge in [0.05, 0.1) is 5.69 Å². The Balaban J connectivity index is 1.67. The second kappa shape index (κ2) is 6.87. The summed E-state index contributed by atoms with van der Waals surface area (Å²) in [6, 6.07) is 13.5. The molecule has 0 amide bonds. The number of hydrogen-bond acceptors (Lipinski definition) is 3. The van der Waals surface area contributed by atoms with Crippen molar-refractivity contribution in [2.45, 2.75) is 39.7 Å². The molecule has 0 bridgehead atoms. The van der Waals surface area contributed by atoms with Crippen LogP contribution in [0.5, 0.6) is 0 Å². The molecule has 0 saturated heterocycles. The van der Waals surface area contributed by atoms with Crippen LogP contribution in [0.3, 0.4) is 0 Å². The Hall–Kier alpha value is -2.43. The van der Waals surface area contributed by atoms with Crippen LogP contribution in [0.25, 0.3) is 32.6 Å². The smallest absolute Gasteiger partial charge is 0.0501 e. The maximum Gasteiger partial charge on any atom is 0.0501 e. The zero-order chi connectivity index (χ0) is 19.3. The number of H-pyrrole nitrogens is 1. The predicted octanol–water partition coefficient (Wildman–Crippen LogP) is 6.04. The Kier molecular flexibility index (Phi) is 4.33. The van der Waals surface area contributed by atoms with Crippen molar-refractivity contribution in [3.63, 3.8) is 0 Å². The molecule has 0 unspecified atom stereocenters. The SMILES string of the molecule is Cc1cc(-c2[nH]c3ccc(-c4cc5c(s4)CNCC5)cc3c2C(C)C)ccn1. The minimum Gasteiger partial charge on any atom is -0.354 e. The lowest BCUT2D eigenvalue weighted by Crippen LogP contribution is -2.21. The summed E-state index contributed by atoms with van der Waals surface area (Å²) in [5.41, 5.74) is 8.93. The second-order valence-corrected chi connectivity index (χ2v) is 9.14. The molecule has 3 aromatic heterocycles. The highest BCUT2D eigenvalue weighted by molar-refractivity contribution is 7.15. The van der Waals surface area contributed by atoms with Gasteiger partial charge in [-0.25, -0.2) is 0 Å². The molecular formula is C24H25N3S. The molecule has 0 atom stereocenters. The molecule has 2 N–H and O–H groups in total. The first-order valence-corrected chi connectivity index (χ1v) is 10.8. The average molecular weight is 388 g/mol. The molecule has 1 aliphatic rings. The number of aromatic nitrogens is 2.